The number of ether oxygens (including phenoxy) is 2. The molecule has 28 heavy (non-hydrogen) atoms. The molecule has 146 valence electrons. The van der Waals surface area contributed by atoms with Crippen molar-refractivity contribution in [2.24, 2.45) is 0 Å². The molecule has 3 rings (SSSR count). The van der Waals surface area contributed by atoms with Crippen LogP contribution in [0, 0.1) is 5.82 Å². The van der Waals surface area contributed by atoms with Gasteiger partial charge in [0.2, 0.25) is 0 Å². The molecule has 0 aliphatic carbocycles. The van der Waals surface area contributed by atoms with Crippen molar-refractivity contribution in [3.05, 3.63) is 59.4 Å². The summed E-state index contributed by atoms with van der Waals surface area (Å²) in [5, 5.41) is 0.804. The summed E-state index contributed by atoms with van der Waals surface area (Å²) in [4.78, 5) is 30.1. The molecule has 0 saturated heterocycles. The minimum atomic E-state index is -0.710. The number of hydrogen-bond donors (Lipinski definition) is 0. The Labute approximate surface area is 165 Å². The van der Waals surface area contributed by atoms with Crippen LogP contribution < -0.4 is 4.74 Å². The van der Waals surface area contributed by atoms with Crippen molar-refractivity contribution in [1.29, 1.82) is 0 Å². The monoisotopic (exact) mass is 402 g/mol. The third-order valence-corrected chi connectivity index (χ3v) is 5.36. The van der Waals surface area contributed by atoms with Crippen LogP contribution in [0.1, 0.15) is 18.0 Å². The average Bonchev–Trinajstić information content (AvgIpc) is 3.13. The quantitative estimate of drug-likeness (QED) is 0.565. The van der Waals surface area contributed by atoms with Crippen LogP contribution in [-0.2, 0) is 14.3 Å². The fourth-order valence-electron chi connectivity index (χ4n) is 2.44. The standard InChI is InChI=1S/C20H19FN2O4S/c1-13(20-22-16-8-3-4-9-17(16)28-20)23(2)18(24)11-27-19(25)12-26-15-7-5-6-14(21)10-15/h3-10,13H,11-12H2,1-2H3/t13-/m0/s1. The lowest BCUT2D eigenvalue weighted by Gasteiger charge is -2.23. The third-order valence-electron chi connectivity index (χ3n) is 4.15. The number of fused-ring (bicyclic) bond motifs is 1. The Kier molecular flexibility index (Phi) is 6.20. The molecule has 0 spiro atoms. The first-order valence-electron chi connectivity index (χ1n) is 8.59. The Balaban J connectivity index is 1.49. The van der Waals surface area contributed by atoms with Crippen LogP contribution in [-0.4, -0.2) is 42.0 Å². The predicted octanol–water partition coefficient (Wildman–Crippen LogP) is 3.58. The van der Waals surface area contributed by atoms with Crippen LogP contribution in [0.3, 0.4) is 0 Å². The first kappa shape index (κ1) is 19.8. The van der Waals surface area contributed by atoms with E-state index in [1.54, 1.807) is 7.05 Å². The molecule has 6 nitrogen and oxygen atoms in total. The summed E-state index contributed by atoms with van der Waals surface area (Å²) in [6.07, 6.45) is 0. The summed E-state index contributed by atoms with van der Waals surface area (Å²) < 4.78 is 24.2. The second-order valence-electron chi connectivity index (χ2n) is 6.11. The molecule has 0 saturated carbocycles. The van der Waals surface area contributed by atoms with Gasteiger partial charge in [-0.2, -0.15) is 0 Å². The number of nitrogens with zero attached hydrogens (tertiary/aromatic N) is 2. The number of aromatic nitrogens is 1. The van der Waals surface area contributed by atoms with Gasteiger partial charge in [0.1, 0.15) is 16.6 Å². The maximum atomic E-state index is 13.1. The number of esters is 1. The third kappa shape index (κ3) is 4.83. The first-order valence-corrected chi connectivity index (χ1v) is 9.41. The van der Waals surface area contributed by atoms with Gasteiger partial charge in [0.05, 0.1) is 16.3 Å². The molecule has 0 fully saturated rings. The van der Waals surface area contributed by atoms with Crippen LogP contribution in [0.2, 0.25) is 0 Å². The average molecular weight is 402 g/mol. The molecule has 1 heterocycles. The van der Waals surface area contributed by atoms with Crippen molar-refractivity contribution in [3.63, 3.8) is 0 Å². The number of rotatable bonds is 7. The molecule has 0 unspecified atom stereocenters. The van der Waals surface area contributed by atoms with E-state index in [0.29, 0.717) is 0 Å². The van der Waals surface area contributed by atoms with Crippen molar-refractivity contribution in [2.45, 2.75) is 13.0 Å². The molecule has 1 amide bonds. The van der Waals surface area contributed by atoms with Gasteiger partial charge in [-0.05, 0) is 31.2 Å². The number of likely N-dealkylation sites (N-methyl/N-ethyl adjacent to an activating group) is 1. The summed E-state index contributed by atoms with van der Waals surface area (Å²) in [6, 6.07) is 12.9. The lowest BCUT2D eigenvalue weighted by molar-refractivity contribution is -0.153. The highest BCUT2D eigenvalue weighted by Gasteiger charge is 2.21. The summed E-state index contributed by atoms with van der Waals surface area (Å²) in [6.45, 7) is 1.05. The van der Waals surface area contributed by atoms with Crippen molar-refractivity contribution >= 4 is 33.4 Å². The van der Waals surface area contributed by atoms with Crippen molar-refractivity contribution < 1.29 is 23.5 Å². The van der Waals surface area contributed by atoms with Gasteiger partial charge in [-0.15, -0.1) is 11.3 Å². The zero-order valence-electron chi connectivity index (χ0n) is 15.4. The number of hydrogen-bond acceptors (Lipinski definition) is 6. The number of benzene rings is 2. The van der Waals surface area contributed by atoms with Gasteiger partial charge < -0.3 is 14.4 Å². The summed E-state index contributed by atoms with van der Waals surface area (Å²) >= 11 is 1.52. The largest absolute Gasteiger partial charge is 0.482 e. The van der Waals surface area contributed by atoms with Gasteiger partial charge in [0.25, 0.3) is 5.91 Å². The predicted molar refractivity (Wildman–Crippen MR) is 104 cm³/mol. The topological polar surface area (TPSA) is 68.7 Å². The zero-order valence-corrected chi connectivity index (χ0v) is 16.2. The van der Waals surface area contributed by atoms with Crippen LogP contribution in [0.15, 0.2) is 48.5 Å². The lowest BCUT2D eigenvalue weighted by Crippen LogP contribution is -2.34. The molecule has 2 aromatic carbocycles. The van der Waals surface area contributed by atoms with Crippen molar-refractivity contribution in [2.75, 3.05) is 20.3 Å². The van der Waals surface area contributed by atoms with Crippen molar-refractivity contribution in [1.82, 2.24) is 9.88 Å². The highest BCUT2D eigenvalue weighted by Crippen LogP contribution is 2.28. The molecule has 0 radical (unpaired) electrons. The van der Waals surface area contributed by atoms with E-state index in [-0.39, 0.29) is 17.7 Å². The molecular formula is C20H19FN2O4S. The Hall–Kier alpha value is -3.00. The fraction of sp³-hybridized carbons (Fsp3) is 0.250. The van der Waals surface area contributed by atoms with Gasteiger partial charge >= 0.3 is 5.97 Å². The second kappa shape index (κ2) is 8.79. The molecule has 0 N–H and O–H groups in total. The number of halogens is 1. The van der Waals surface area contributed by atoms with Gasteiger partial charge in [0.15, 0.2) is 13.2 Å². The second-order valence-corrected chi connectivity index (χ2v) is 7.17. The van der Waals surface area contributed by atoms with E-state index in [9.17, 15) is 14.0 Å². The van der Waals surface area contributed by atoms with Gasteiger partial charge in [-0.25, -0.2) is 14.2 Å². The molecule has 1 atom stereocenters. The zero-order chi connectivity index (χ0) is 20.1. The van der Waals surface area contributed by atoms with E-state index in [0.717, 1.165) is 21.3 Å². The Bertz CT molecular complexity index is 958. The Morgan fingerprint density at radius 2 is 1.96 bits per heavy atom. The maximum Gasteiger partial charge on any atom is 0.344 e. The van der Waals surface area contributed by atoms with E-state index in [1.165, 1.54) is 34.4 Å². The SMILES string of the molecule is C[C@@H](c1nc2ccccc2s1)N(C)C(=O)COC(=O)COc1cccc(F)c1. The smallest absolute Gasteiger partial charge is 0.344 e. The molecule has 0 aliphatic heterocycles. The number of amides is 1. The molecule has 1 aromatic heterocycles. The molecular weight excluding hydrogens is 383 g/mol. The van der Waals surface area contributed by atoms with E-state index in [2.05, 4.69) is 4.98 Å². The van der Waals surface area contributed by atoms with E-state index in [4.69, 9.17) is 9.47 Å². The molecule has 0 aliphatic rings. The minimum Gasteiger partial charge on any atom is -0.482 e. The number of para-hydroxylation sites is 1. The highest BCUT2D eigenvalue weighted by molar-refractivity contribution is 7.18. The Morgan fingerprint density at radius 3 is 2.71 bits per heavy atom. The van der Waals surface area contributed by atoms with Gasteiger partial charge in [-0.3, -0.25) is 4.79 Å². The maximum absolute atomic E-state index is 13.1. The number of carbonyl (C=O) groups is 2. The first-order chi connectivity index (χ1) is 13.4. The van der Waals surface area contributed by atoms with Gasteiger partial charge in [-0.1, -0.05) is 18.2 Å². The van der Waals surface area contributed by atoms with Crippen LogP contribution in [0.4, 0.5) is 4.39 Å². The molecule has 8 heteroatoms. The number of thiazole rings is 1. The summed E-state index contributed by atoms with van der Waals surface area (Å²) in [5.74, 6) is -1.32. The van der Waals surface area contributed by atoms with E-state index in [1.807, 2.05) is 31.2 Å². The van der Waals surface area contributed by atoms with Crippen LogP contribution in [0.25, 0.3) is 10.2 Å². The van der Waals surface area contributed by atoms with Crippen LogP contribution in [0.5, 0.6) is 5.75 Å². The lowest BCUT2D eigenvalue weighted by atomic mass is 10.3. The van der Waals surface area contributed by atoms with E-state index >= 15 is 0 Å². The van der Waals surface area contributed by atoms with Gasteiger partial charge in [0, 0.05) is 13.1 Å². The van der Waals surface area contributed by atoms with E-state index < -0.39 is 25.0 Å². The highest BCUT2D eigenvalue weighted by atomic mass is 32.1. The minimum absolute atomic E-state index is 0.213. The number of carbonyl (C=O) groups excluding carboxylic acids is 2. The Morgan fingerprint density at radius 1 is 1.18 bits per heavy atom. The molecule has 3 aromatic rings. The van der Waals surface area contributed by atoms with Crippen molar-refractivity contribution in [3.8, 4) is 5.75 Å². The van der Waals surface area contributed by atoms with Crippen LogP contribution >= 0.6 is 11.3 Å². The molecule has 0 bridgehead atoms. The normalized spacial score (nSPS) is 11.8. The summed E-state index contributed by atoms with van der Waals surface area (Å²) in [5.41, 5.74) is 0.885. The fourth-order valence-corrected chi connectivity index (χ4v) is 3.50. The summed E-state index contributed by atoms with van der Waals surface area (Å²) in [7, 11) is 1.64.